The molecule has 1 nitrogen and oxygen atoms in total. The van der Waals surface area contributed by atoms with Gasteiger partial charge in [0.1, 0.15) is 6.10 Å². The Morgan fingerprint density at radius 3 is 1.08 bits per heavy atom. The Labute approximate surface area is 285 Å². The third-order valence-electron chi connectivity index (χ3n) is 6.38. The fourth-order valence-corrected chi connectivity index (χ4v) is 7.26. The highest BCUT2D eigenvalue weighted by Crippen LogP contribution is 2.43. The Hall–Kier alpha value is -7.06. The Bertz CT molecular complexity index is 2360. The molecule has 0 heterocycles. The molecule has 0 spiro atoms. The van der Waals surface area contributed by atoms with E-state index in [0.717, 1.165) is 32.2 Å². The van der Waals surface area contributed by atoms with E-state index in [0.29, 0.717) is 11.1 Å². The first-order valence-electron chi connectivity index (χ1n) is 13.8. The van der Waals surface area contributed by atoms with E-state index in [2.05, 4.69) is 117 Å². The Morgan fingerprint density at radius 2 is 0.750 bits per heavy atom. The molecular formula is C45H18OP2. The molecule has 0 saturated heterocycles. The molecule has 1 N–H and O–H groups in total. The smallest absolute Gasteiger partial charge is 0.107 e. The lowest BCUT2D eigenvalue weighted by Gasteiger charge is -2.24. The quantitative estimate of drug-likeness (QED) is 0.226. The number of hydrogen-bond acceptors (Lipinski definition) is 1. The first kappa shape index (κ1) is 33.8. The Balaban J connectivity index is 2.11. The molecule has 214 valence electrons. The normalized spacial score (nSPS) is 8.50. The first-order chi connectivity index (χ1) is 23.6. The molecule has 0 aliphatic rings. The lowest BCUT2D eigenvalue weighted by Crippen LogP contribution is -2.20. The molecule has 3 heteroatoms. The monoisotopic (exact) mass is 636 g/mol. The molecule has 4 aromatic rings. The van der Waals surface area contributed by atoms with Crippen LogP contribution >= 0.6 is 15.8 Å². The zero-order valence-electron chi connectivity index (χ0n) is 25.2. The molecule has 0 unspecified atom stereocenters. The number of terminal acetylenes is 4. The summed E-state index contributed by atoms with van der Waals surface area (Å²) >= 11 is 0. The van der Waals surface area contributed by atoms with E-state index in [4.69, 9.17) is 25.7 Å². The number of aliphatic hydroxyl groups excluding tert-OH is 1. The summed E-state index contributed by atoms with van der Waals surface area (Å²) in [6.07, 6.45) is 20.0. The van der Waals surface area contributed by atoms with Crippen LogP contribution in [0.2, 0.25) is 0 Å². The highest BCUT2D eigenvalue weighted by atomic mass is 31.1. The van der Waals surface area contributed by atoms with E-state index in [-0.39, 0.29) is 0 Å². The number of hydrogen-bond donors (Lipinski definition) is 1. The van der Waals surface area contributed by atoms with Crippen LogP contribution in [0.5, 0.6) is 0 Å². The Morgan fingerprint density at radius 1 is 0.417 bits per heavy atom. The lowest BCUT2D eigenvalue weighted by molar-refractivity contribution is 0.225. The van der Waals surface area contributed by atoms with E-state index in [1.807, 2.05) is 72.8 Å². The van der Waals surface area contributed by atoms with Crippen molar-refractivity contribution in [3.63, 3.8) is 0 Å². The van der Waals surface area contributed by atoms with Gasteiger partial charge in [-0.3, -0.25) is 0 Å². The summed E-state index contributed by atoms with van der Waals surface area (Å²) < 4.78 is 0. The summed E-state index contributed by atoms with van der Waals surface area (Å²) in [7, 11) is -3.10. The number of fused-ring (bicyclic) bond motifs is 2. The molecule has 0 aliphatic carbocycles. The molecular weight excluding hydrogens is 618 g/mol. The van der Waals surface area contributed by atoms with Crippen molar-refractivity contribution >= 4 is 48.0 Å². The van der Waals surface area contributed by atoms with E-state index in [1.165, 1.54) is 0 Å². The zero-order valence-corrected chi connectivity index (χ0v) is 26.9. The molecule has 0 aromatic heterocycles. The number of rotatable bonds is 4. The fourth-order valence-electron chi connectivity index (χ4n) is 4.58. The van der Waals surface area contributed by atoms with Crippen LogP contribution in [0.15, 0.2) is 72.8 Å². The van der Waals surface area contributed by atoms with Crippen LogP contribution in [-0.2, 0) is 0 Å². The van der Waals surface area contributed by atoms with Gasteiger partial charge >= 0.3 is 0 Å². The highest BCUT2D eigenvalue weighted by molar-refractivity contribution is 7.75. The van der Waals surface area contributed by atoms with Crippen LogP contribution in [0.4, 0.5) is 0 Å². The van der Waals surface area contributed by atoms with Crippen molar-refractivity contribution in [3.8, 4) is 143 Å². The van der Waals surface area contributed by atoms with Gasteiger partial charge in [-0.2, -0.15) is 0 Å². The van der Waals surface area contributed by atoms with E-state index < -0.39 is 21.9 Å². The molecule has 0 atom stereocenters. The van der Waals surface area contributed by atoms with Gasteiger partial charge in [0.2, 0.25) is 0 Å². The van der Waals surface area contributed by atoms with Crippen LogP contribution in [0, 0.1) is 143 Å². The van der Waals surface area contributed by atoms with Crippen molar-refractivity contribution in [2.45, 2.75) is 6.10 Å². The average molecular weight is 637 g/mol. The zero-order chi connectivity index (χ0) is 34.0. The van der Waals surface area contributed by atoms with Crippen molar-refractivity contribution in [3.05, 3.63) is 83.9 Å². The number of benzene rings is 4. The minimum absolute atomic E-state index is 0.630. The van der Waals surface area contributed by atoms with Crippen LogP contribution in [0.25, 0.3) is 21.5 Å². The van der Waals surface area contributed by atoms with Gasteiger partial charge in [-0.25, -0.2) is 0 Å². The molecule has 4 rings (SSSR count). The first-order valence-corrected chi connectivity index (χ1v) is 16.5. The Kier molecular flexibility index (Phi) is 12.7. The van der Waals surface area contributed by atoms with Gasteiger partial charge in [-0.15, -0.1) is 25.7 Å². The molecule has 0 saturated carbocycles. The topological polar surface area (TPSA) is 20.2 Å². The molecule has 0 aliphatic heterocycles. The van der Waals surface area contributed by atoms with Crippen LogP contribution in [-0.4, -0.2) is 5.11 Å². The maximum absolute atomic E-state index is 12.7. The summed E-state index contributed by atoms with van der Waals surface area (Å²) in [4.78, 5) is 0. The third-order valence-corrected chi connectivity index (χ3v) is 9.47. The predicted octanol–water partition coefficient (Wildman–Crippen LogP) is 5.68. The van der Waals surface area contributed by atoms with Crippen molar-refractivity contribution in [1.82, 2.24) is 0 Å². The van der Waals surface area contributed by atoms with Gasteiger partial charge in [0.25, 0.3) is 0 Å². The second kappa shape index (κ2) is 18.0. The van der Waals surface area contributed by atoms with Crippen molar-refractivity contribution in [2.24, 2.45) is 0 Å². The highest BCUT2D eigenvalue weighted by Gasteiger charge is 2.27. The lowest BCUT2D eigenvalue weighted by atomic mass is 9.92. The van der Waals surface area contributed by atoms with Crippen molar-refractivity contribution < 1.29 is 5.11 Å². The van der Waals surface area contributed by atoms with E-state index in [1.54, 1.807) is 0 Å². The van der Waals surface area contributed by atoms with Gasteiger partial charge in [0.15, 0.2) is 0 Å². The average Bonchev–Trinajstić information content (AvgIpc) is 3.12. The minimum Gasteiger partial charge on any atom is -0.384 e. The maximum atomic E-state index is 12.7. The van der Waals surface area contributed by atoms with Crippen LogP contribution < -0.4 is 10.6 Å². The van der Waals surface area contributed by atoms with Gasteiger partial charge in [-0.05, 0) is 139 Å². The molecule has 48 heavy (non-hydrogen) atoms. The molecule has 0 amide bonds. The summed E-state index contributed by atoms with van der Waals surface area (Å²) in [5.41, 5.74) is 13.9. The van der Waals surface area contributed by atoms with Crippen LogP contribution in [0.3, 0.4) is 0 Å². The van der Waals surface area contributed by atoms with Crippen molar-refractivity contribution in [1.29, 1.82) is 0 Å². The predicted molar refractivity (Wildman–Crippen MR) is 203 cm³/mol. The molecule has 0 radical (unpaired) electrons. The van der Waals surface area contributed by atoms with Crippen LogP contribution in [0.1, 0.15) is 17.2 Å². The van der Waals surface area contributed by atoms with Crippen molar-refractivity contribution in [2.75, 3.05) is 0 Å². The van der Waals surface area contributed by atoms with E-state index >= 15 is 0 Å². The van der Waals surface area contributed by atoms with Gasteiger partial charge in [0, 0.05) is 21.7 Å². The number of aliphatic hydroxyl groups is 1. The summed E-state index contributed by atoms with van der Waals surface area (Å²) in [5, 5.41) is 17.6. The maximum Gasteiger partial charge on any atom is 0.107 e. The van der Waals surface area contributed by atoms with Gasteiger partial charge in [-0.1, -0.05) is 72.8 Å². The van der Waals surface area contributed by atoms with E-state index in [9.17, 15) is 5.11 Å². The summed E-state index contributed by atoms with van der Waals surface area (Å²) in [5.74, 6) is 41.0. The fraction of sp³-hybridized carbons (Fsp3) is 0.0222. The third kappa shape index (κ3) is 8.56. The SMILES string of the molecule is C#CC#CC#CP(C#CC#CC#C)c1ccc2ccccc2c1C(O)c1c(P(C#CC#CC#C)C#CC#CC#C)ccc2ccccc12. The molecule has 0 fully saturated rings. The van der Waals surface area contributed by atoms with Gasteiger partial charge in [0.05, 0.1) is 15.8 Å². The van der Waals surface area contributed by atoms with Gasteiger partial charge < -0.3 is 5.11 Å². The largest absolute Gasteiger partial charge is 0.384 e. The minimum atomic E-state index is -1.55. The summed E-state index contributed by atoms with van der Waals surface area (Å²) in [6.45, 7) is 0. The second-order valence-corrected chi connectivity index (χ2v) is 12.2. The molecule has 0 bridgehead atoms. The summed E-state index contributed by atoms with van der Waals surface area (Å²) in [6, 6.07) is 23.4. The molecule has 4 aromatic carbocycles. The standard InChI is InChI=1S/C45H18OP2/c1-5-9-13-21-33-47(34-22-14-10-6-2)41-31-29-37-25-17-19-27-39(37)43(41)45(46)44-40-28-20-18-26-38(40)30-32-42(44)48(35-23-15-11-7-3)36-24-16-12-8-4/h1-4,17-20,25-32,45-46H. The second-order valence-electron chi connectivity index (χ2n) is 9.04.